The van der Waals surface area contributed by atoms with Crippen molar-refractivity contribution in [1.82, 2.24) is 0 Å². The van der Waals surface area contributed by atoms with E-state index in [4.69, 9.17) is 24.4 Å². The molecule has 0 rings (SSSR count). The maximum Gasteiger partial charge on any atom is 0.510 e. The second-order valence-electron chi connectivity index (χ2n) is 7.66. The first-order valence-electron chi connectivity index (χ1n) is 7.91. The summed E-state index contributed by atoms with van der Waals surface area (Å²) in [4.78, 5) is 32.6. The van der Waals surface area contributed by atoms with Crippen molar-refractivity contribution in [1.29, 1.82) is 0 Å². The maximum absolute atomic E-state index is 11.3. The van der Waals surface area contributed by atoms with Gasteiger partial charge >= 0.3 is 18.1 Å². The average molecular weight is 362 g/mol. The minimum absolute atomic E-state index is 0.0332. The molecule has 0 aromatic rings. The lowest BCUT2D eigenvalue weighted by molar-refractivity contribution is -0.514. The van der Waals surface area contributed by atoms with Gasteiger partial charge in [0.25, 0.3) is 0 Å². The van der Waals surface area contributed by atoms with Gasteiger partial charge in [0.15, 0.2) is 0 Å². The van der Waals surface area contributed by atoms with Gasteiger partial charge in [-0.2, -0.15) is 4.89 Å². The van der Waals surface area contributed by atoms with E-state index in [1.54, 1.807) is 13.8 Å². The molecule has 0 aliphatic carbocycles. The third-order valence-corrected chi connectivity index (χ3v) is 2.68. The Morgan fingerprint density at radius 2 is 1.56 bits per heavy atom. The van der Waals surface area contributed by atoms with Crippen LogP contribution in [0.15, 0.2) is 12.2 Å². The zero-order valence-electron chi connectivity index (χ0n) is 16.1. The van der Waals surface area contributed by atoms with Crippen molar-refractivity contribution in [3.63, 3.8) is 0 Å². The van der Waals surface area contributed by atoms with Crippen LogP contribution < -0.4 is 0 Å². The molecule has 0 saturated carbocycles. The van der Waals surface area contributed by atoms with Crippen LogP contribution in [0.25, 0.3) is 0 Å². The Morgan fingerprint density at radius 3 is 2.00 bits per heavy atom. The van der Waals surface area contributed by atoms with E-state index >= 15 is 0 Å². The molecule has 0 saturated heterocycles. The fourth-order valence-corrected chi connectivity index (χ4v) is 2.21. The molecule has 0 aromatic carbocycles. The van der Waals surface area contributed by atoms with Crippen molar-refractivity contribution in [2.75, 3.05) is 13.2 Å². The Bertz CT molecular complexity index is 478. The smallest absolute Gasteiger partial charge is 0.460 e. The molecule has 0 aromatic heterocycles. The summed E-state index contributed by atoms with van der Waals surface area (Å²) in [5, 5.41) is 8.85. The molecule has 1 atom stereocenters. The molecule has 0 bridgehead atoms. The van der Waals surface area contributed by atoms with Crippen molar-refractivity contribution in [3.8, 4) is 0 Å². The minimum Gasteiger partial charge on any atom is -0.460 e. The molecule has 0 aliphatic heterocycles. The van der Waals surface area contributed by atoms with E-state index in [1.165, 1.54) is 13.8 Å². The van der Waals surface area contributed by atoms with Gasteiger partial charge in [-0.3, -0.25) is 0 Å². The first-order chi connectivity index (χ1) is 11.2. The van der Waals surface area contributed by atoms with Crippen LogP contribution >= 0.6 is 0 Å². The Kier molecular flexibility index (Phi) is 8.57. The normalized spacial score (nSPS) is 14.5. The molecule has 146 valence electrons. The molecular formula is C17H30O8. The third kappa shape index (κ3) is 11.5. The molecule has 0 spiro atoms. The molecule has 0 radical (unpaired) electrons. The highest BCUT2D eigenvalue weighted by Crippen LogP contribution is 2.31. The average Bonchev–Trinajstić information content (AvgIpc) is 2.38. The summed E-state index contributed by atoms with van der Waals surface area (Å²) in [5.74, 6) is -2.58. The van der Waals surface area contributed by atoms with E-state index in [1.807, 2.05) is 20.8 Å². The summed E-state index contributed by atoms with van der Waals surface area (Å²) >= 11 is 0. The van der Waals surface area contributed by atoms with Gasteiger partial charge in [0, 0.05) is 12.5 Å². The van der Waals surface area contributed by atoms with Gasteiger partial charge in [-0.1, -0.05) is 27.4 Å². The molecule has 1 N–H and O–H groups in total. The summed E-state index contributed by atoms with van der Waals surface area (Å²) < 4.78 is 14.7. The fourth-order valence-electron chi connectivity index (χ4n) is 2.21. The van der Waals surface area contributed by atoms with Crippen LogP contribution in [0.2, 0.25) is 0 Å². The van der Waals surface area contributed by atoms with Gasteiger partial charge < -0.3 is 19.3 Å². The van der Waals surface area contributed by atoms with Gasteiger partial charge in [0.05, 0.1) is 12.2 Å². The fraction of sp³-hybridized carbons (Fsp3) is 0.765. The Morgan fingerprint density at radius 1 is 1.00 bits per heavy atom. The number of carbonyl (C=O) groups excluding carboxylic acids is 1. The van der Waals surface area contributed by atoms with Gasteiger partial charge in [0.2, 0.25) is 0 Å². The van der Waals surface area contributed by atoms with E-state index < -0.39 is 23.7 Å². The number of rotatable bonds is 10. The van der Waals surface area contributed by atoms with E-state index in [-0.39, 0.29) is 24.2 Å². The topological polar surface area (TPSA) is 101 Å². The molecule has 0 aliphatic rings. The zero-order valence-corrected chi connectivity index (χ0v) is 16.1. The Hall–Kier alpha value is -1.64. The number of hydrogen-bond acceptors (Lipinski definition) is 7. The summed E-state index contributed by atoms with van der Waals surface area (Å²) in [6.07, 6.45) is -0.960. The predicted molar refractivity (Wildman–Crippen MR) is 89.6 cm³/mol. The van der Waals surface area contributed by atoms with Crippen molar-refractivity contribution < 1.29 is 38.7 Å². The van der Waals surface area contributed by atoms with Crippen LogP contribution in [0.4, 0.5) is 4.79 Å². The van der Waals surface area contributed by atoms with E-state index in [0.29, 0.717) is 6.42 Å². The second-order valence-corrected chi connectivity index (χ2v) is 7.66. The number of carbonyl (C=O) groups is 2. The second kappa shape index (κ2) is 9.17. The summed E-state index contributed by atoms with van der Waals surface area (Å²) in [7, 11) is 0. The molecule has 0 amide bonds. The standard InChI is InChI=1S/C17H30O8/c1-12(2)13(18)21-9-10-22-17(8,23-14(19)20)25-24-16(6,7)11-15(3,4)5/h1,9-11H2,2-8H3,(H,19,20). The highest BCUT2D eigenvalue weighted by Gasteiger charge is 2.37. The molecule has 8 nitrogen and oxygen atoms in total. The molecule has 0 heterocycles. The maximum atomic E-state index is 11.3. The molecule has 0 fully saturated rings. The molecular weight excluding hydrogens is 332 g/mol. The number of carboxylic acid groups (broad SMARTS) is 1. The Balaban J connectivity index is 4.67. The highest BCUT2D eigenvalue weighted by atomic mass is 17.3. The minimum atomic E-state index is -2.00. The van der Waals surface area contributed by atoms with E-state index in [9.17, 15) is 9.59 Å². The van der Waals surface area contributed by atoms with Gasteiger partial charge in [0.1, 0.15) is 6.61 Å². The van der Waals surface area contributed by atoms with Gasteiger partial charge in [-0.05, 0) is 32.6 Å². The summed E-state index contributed by atoms with van der Waals surface area (Å²) in [5.41, 5.74) is -0.501. The van der Waals surface area contributed by atoms with Crippen molar-refractivity contribution in [2.24, 2.45) is 5.41 Å². The van der Waals surface area contributed by atoms with Crippen LogP contribution in [0.1, 0.15) is 54.9 Å². The summed E-state index contributed by atoms with van der Waals surface area (Å²) in [6.45, 7) is 15.6. The van der Waals surface area contributed by atoms with Crippen LogP contribution in [0.3, 0.4) is 0 Å². The zero-order chi connectivity index (χ0) is 19.9. The number of hydrogen-bond donors (Lipinski definition) is 1. The van der Waals surface area contributed by atoms with E-state index in [2.05, 4.69) is 11.3 Å². The molecule has 8 heteroatoms. The van der Waals surface area contributed by atoms with Crippen molar-refractivity contribution in [3.05, 3.63) is 12.2 Å². The Labute approximate surface area is 149 Å². The quantitative estimate of drug-likeness (QED) is 0.157. The van der Waals surface area contributed by atoms with E-state index in [0.717, 1.165) is 0 Å². The van der Waals surface area contributed by atoms with Crippen LogP contribution in [-0.2, 0) is 28.8 Å². The van der Waals surface area contributed by atoms with Crippen LogP contribution in [0.5, 0.6) is 0 Å². The lowest BCUT2D eigenvalue weighted by Gasteiger charge is -2.34. The predicted octanol–water partition coefficient (Wildman–Crippen LogP) is 3.65. The monoisotopic (exact) mass is 362 g/mol. The largest absolute Gasteiger partial charge is 0.510 e. The van der Waals surface area contributed by atoms with Crippen molar-refractivity contribution >= 4 is 12.1 Å². The third-order valence-electron chi connectivity index (χ3n) is 2.68. The first kappa shape index (κ1) is 23.4. The van der Waals surface area contributed by atoms with Crippen LogP contribution in [-0.4, -0.2) is 42.0 Å². The molecule has 25 heavy (non-hydrogen) atoms. The lowest BCUT2D eigenvalue weighted by Crippen LogP contribution is -2.42. The SMILES string of the molecule is C=C(C)C(=O)OCCOC(C)(OOC(C)(C)CC(C)(C)C)OC(=O)O. The van der Waals surface area contributed by atoms with Crippen molar-refractivity contribution in [2.45, 2.75) is 66.5 Å². The highest BCUT2D eigenvalue weighted by molar-refractivity contribution is 5.86. The summed E-state index contributed by atoms with van der Waals surface area (Å²) in [6, 6.07) is 0. The van der Waals surface area contributed by atoms with Gasteiger partial charge in [-0.15, -0.1) is 0 Å². The number of esters is 1. The first-order valence-corrected chi connectivity index (χ1v) is 7.91. The number of ether oxygens (including phenoxy) is 3. The van der Waals surface area contributed by atoms with Crippen LogP contribution in [0, 0.1) is 5.41 Å². The lowest BCUT2D eigenvalue weighted by atomic mass is 9.84. The molecule has 1 unspecified atom stereocenters. The van der Waals surface area contributed by atoms with Gasteiger partial charge in [-0.25, -0.2) is 14.5 Å².